The first-order valence-corrected chi connectivity index (χ1v) is 6.55. The Morgan fingerprint density at radius 3 is 2.55 bits per heavy atom. The van der Waals surface area contributed by atoms with Gasteiger partial charge in [0.1, 0.15) is 12.4 Å². The Labute approximate surface area is 121 Å². The van der Waals surface area contributed by atoms with Crippen molar-refractivity contribution < 1.29 is 4.74 Å². The summed E-state index contributed by atoms with van der Waals surface area (Å²) < 4.78 is 5.60. The van der Waals surface area contributed by atoms with Gasteiger partial charge in [-0.25, -0.2) is 4.98 Å². The van der Waals surface area contributed by atoms with E-state index in [1.54, 1.807) is 0 Å². The van der Waals surface area contributed by atoms with Crippen LogP contribution in [0.1, 0.15) is 5.82 Å². The fraction of sp³-hybridized carbons (Fsp3) is 0.0667. The molecule has 1 aromatic heterocycles. The first-order chi connectivity index (χ1) is 9.83. The average Bonchev–Trinajstić information content (AvgIpc) is 2.95. The van der Waals surface area contributed by atoms with E-state index in [1.165, 1.54) is 0 Å². The van der Waals surface area contributed by atoms with Crippen molar-refractivity contribution >= 4 is 11.6 Å². The minimum absolute atomic E-state index is 0.335. The lowest BCUT2D eigenvalue weighted by Crippen LogP contribution is -1.97. The van der Waals surface area contributed by atoms with Crippen molar-refractivity contribution in [3.05, 3.63) is 65.4 Å². The molecule has 0 aliphatic rings. The number of aromatic nitrogens is 3. The van der Waals surface area contributed by atoms with Crippen LogP contribution in [0.3, 0.4) is 0 Å². The Bertz CT molecular complexity index is 697. The third-order valence-electron chi connectivity index (χ3n) is 2.77. The lowest BCUT2D eigenvalue weighted by atomic mass is 10.2. The van der Waals surface area contributed by atoms with Crippen molar-refractivity contribution in [1.82, 2.24) is 15.2 Å². The van der Waals surface area contributed by atoms with Gasteiger partial charge in [-0.2, -0.15) is 5.10 Å². The summed E-state index contributed by atoms with van der Waals surface area (Å²) in [7, 11) is 0. The smallest absolute Gasteiger partial charge is 0.182 e. The number of para-hydroxylation sites is 1. The van der Waals surface area contributed by atoms with E-state index in [0.29, 0.717) is 23.3 Å². The number of rotatable bonds is 4. The van der Waals surface area contributed by atoms with E-state index in [4.69, 9.17) is 16.3 Å². The molecule has 0 unspecified atom stereocenters. The highest BCUT2D eigenvalue weighted by Gasteiger charge is 2.09. The molecule has 3 aromatic rings. The lowest BCUT2D eigenvalue weighted by molar-refractivity contribution is 0.296. The minimum Gasteiger partial charge on any atom is -0.486 e. The van der Waals surface area contributed by atoms with Crippen molar-refractivity contribution in [3.8, 4) is 17.1 Å². The Hall–Kier alpha value is -2.33. The summed E-state index contributed by atoms with van der Waals surface area (Å²) in [6.07, 6.45) is 0. The topological polar surface area (TPSA) is 50.8 Å². The maximum Gasteiger partial charge on any atom is 0.182 e. The molecular weight excluding hydrogens is 274 g/mol. The molecule has 3 rings (SSSR count). The number of nitrogens with one attached hydrogen (secondary N) is 1. The van der Waals surface area contributed by atoms with E-state index in [2.05, 4.69) is 15.2 Å². The van der Waals surface area contributed by atoms with Gasteiger partial charge in [0, 0.05) is 5.56 Å². The molecule has 0 bridgehead atoms. The number of aromatic amines is 1. The number of hydrogen-bond acceptors (Lipinski definition) is 3. The van der Waals surface area contributed by atoms with Crippen LogP contribution in [0.4, 0.5) is 0 Å². The molecule has 100 valence electrons. The van der Waals surface area contributed by atoms with E-state index >= 15 is 0 Å². The fourth-order valence-electron chi connectivity index (χ4n) is 1.79. The van der Waals surface area contributed by atoms with Crippen LogP contribution in [0, 0.1) is 0 Å². The van der Waals surface area contributed by atoms with Crippen LogP contribution in [-0.2, 0) is 6.61 Å². The normalized spacial score (nSPS) is 10.4. The molecule has 4 nitrogen and oxygen atoms in total. The number of ether oxygens (including phenoxy) is 1. The van der Waals surface area contributed by atoms with Crippen LogP contribution in [-0.4, -0.2) is 15.2 Å². The highest BCUT2D eigenvalue weighted by molar-refractivity contribution is 6.33. The maximum atomic E-state index is 6.12. The van der Waals surface area contributed by atoms with Crippen LogP contribution in [0.15, 0.2) is 54.6 Å². The van der Waals surface area contributed by atoms with Crippen LogP contribution < -0.4 is 4.74 Å². The molecule has 0 aliphatic carbocycles. The third-order valence-corrected chi connectivity index (χ3v) is 3.09. The zero-order valence-corrected chi connectivity index (χ0v) is 11.3. The summed E-state index contributed by atoms with van der Waals surface area (Å²) in [5.74, 6) is 2.02. The second-order valence-corrected chi connectivity index (χ2v) is 4.59. The molecular formula is C15H12ClN3O. The van der Waals surface area contributed by atoms with Gasteiger partial charge in [-0.1, -0.05) is 41.9 Å². The van der Waals surface area contributed by atoms with Gasteiger partial charge < -0.3 is 4.74 Å². The number of nitrogens with zero attached hydrogens (tertiary/aromatic N) is 2. The predicted octanol–water partition coefficient (Wildman–Crippen LogP) is 3.70. The zero-order valence-electron chi connectivity index (χ0n) is 10.6. The van der Waals surface area contributed by atoms with Gasteiger partial charge >= 0.3 is 0 Å². The Kier molecular flexibility index (Phi) is 3.65. The third kappa shape index (κ3) is 2.81. The molecule has 0 radical (unpaired) electrons. The van der Waals surface area contributed by atoms with Crippen LogP contribution >= 0.6 is 11.6 Å². The quantitative estimate of drug-likeness (QED) is 0.795. The van der Waals surface area contributed by atoms with Crippen LogP contribution in [0.5, 0.6) is 5.75 Å². The Balaban J connectivity index is 1.73. The molecule has 1 N–H and O–H groups in total. The minimum atomic E-state index is 0.335. The Morgan fingerprint density at radius 2 is 1.75 bits per heavy atom. The molecule has 0 saturated heterocycles. The van der Waals surface area contributed by atoms with Crippen LogP contribution in [0.2, 0.25) is 5.02 Å². The molecule has 0 amide bonds. The van der Waals surface area contributed by atoms with Crippen molar-refractivity contribution in [2.75, 3.05) is 0 Å². The Morgan fingerprint density at radius 1 is 1.00 bits per heavy atom. The SMILES string of the molecule is Clc1ccccc1-c1n[nH]c(COc2ccccc2)n1. The van der Waals surface area contributed by atoms with Crippen molar-refractivity contribution in [2.45, 2.75) is 6.61 Å². The lowest BCUT2D eigenvalue weighted by Gasteiger charge is -2.02. The molecule has 0 fully saturated rings. The van der Waals surface area contributed by atoms with Crippen molar-refractivity contribution in [1.29, 1.82) is 0 Å². The van der Waals surface area contributed by atoms with Gasteiger partial charge in [0.2, 0.25) is 0 Å². The number of hydrogen-bond donors (Lipinski definition) is 1. The summed E-state index contributed by atoms with van der Waals surface area (Å²) in [5.41, 5.74) is 0.802. The molecule has 0 spiro atoms. The van der Waals surface area contributed by atoms with E-state index in [-0.39, 0.29) is 0 Å². The summed E-state index contributed by atoms with van der Waals surface area (Å²) >= 11 is 6.12. The number of H-pyrrole nitrogens is 1. The van der Waals surface area contributed by atoms with Gasteiger partial charge in [-0.05, 0) is 24.3 Å². The monoisotopic (exact) mass is 285 g/mol. The second-order valence-electron chi connectivity index (χ2n) is 4.19. The number of halogens is 1. The molecule has 0 atom stereocenters. The van der Waals surface area contributed by atoms with Crippen molar-refractivity contribution in [3.63, 3.8) is 0 Å². The van der Waals surface area contributed by atoms with Crippen LogP contribution in [0.25, 0.3) is 11.4 Å². The molecule has 0 aliphatic heterocycles. The fourth-order valence-corrected chi connectivity index (χ4v) is 2.01. The van der Waals surface area contributed by atoms with Gasteiger partial charge in [-0.15, -0.1) is 0 Å². The summed E-state index contributed by atoms with van der Waals surface area (Å²) in [6, 6.07) is 17.0. The van der Waals surface area contributed by atoms with E-state index in [0.717, 1.165) is 11.3 Å². The van der Waals surface area contributed by atoms with E-state index in [1.807, 2.05) is 54.6 Å². The zero-order chi connectivity index (χ0) is 13.8. The highest BCUT2D eigenvalue weighted by Crippen LogP contribution is 2.24. The standard InChI is InChI=1S/C15H12ClN3O/c16-13-9-5-4-8-12(13)15-17-14(18-19-15)10-20-11-6-2-1-3-7-11/h1-9H,10H2,(H,17,18,19). The first kappa shape index (κ1) is 12.7. The highest BCUT2D eigenvalue weighted by atomic mass is 35.5. The van der Waals surface area contributed by atoms with Gasteiger partial charge in [0.15, 0.2) is 11.6 Å². The summed E-state index contributed by atoms with van der Waals surface area (Å²) in [5, 5.41) is 7.64. The molecule has 0 saturated carbocycles. The number of benzene rings is 2. The maximum absolute atomic E-state index is 6.12. The molecule has 20 heavy (non-hydrogen) atoms. The van der Waals surface area contributed by atoms with Crippen molar-refractivity contribution in [2.24, 2.45) is 0 Å². The summed E-state index contributed by atoms with van der Waals surface area (Å²) in [4.78, 5) is 4.38. The molecule has 1 heterocycles. The molecule has 2 aromatic carbocycles. The largest absolute Gasteiger partial charge is 0.486 e. The van der Waals surface area contributed by atoms with Gasteiger partial charge in [0.25, 0.3) is 0 Å². The first-order valence-electron chi connectivity index (χ1n) is 6.17. The summed E-state index contributed by atoms with van der Waals surface area (Å²) in [6.45, 7) is 0.335. The van der Waals surface area contributed by atoms with E-state index < -0.39 is 0 Å². The molecule has 5 heteroatoms. The van der Waals surface area contributed by atoms with Gasteiger partial charge in [0.05, 0.1) is 5.02 Å². The van der Waals surface area contributed by atoms with Gasteiger partial charge in [-0.3, -0.25) is 5.10 Å². The predicted molar refractivity (Wildman–Crippen MR) is 77.6 cm³/mol. The second kappa shape index (κ2) is 5.75. The van der Waals surface area contributed by atoms with E-state index in [9.17, 15) is 0 Å². The average molecular weight is 286 g/mol.